The first kappa shape index (κ1) is 9.49. The molecule has 56 valence electrons. The van der Waals surface area contributed by atoms with Gasteiger partial charge in [-0.05, 0) is 6.92 Å². The van der Waals surface area contributed by atoms with E-state index in [1.807, 2.05) is 0 Å². The highest BCUT2D eigenvalue weighted by Gasteiger charge is 2.22. The number of alkyl halides is 2. The zero-order valence-corrected chi connectivity index (χ0v) is 7.22. The molecular weight excluding hydrogens is 187 g/mol. The highest BCUT2D eigenvalue weighted by molar-refractivity contribution is 7.86. The van der Waals surface area contributed by atoms with Crippen molar-refractivity contribution in [1.82, 2.24) is 0 Å². The van der Waals surface area contributed by atoms with Crippen LogP contribution in [-0.4, -0.2) is 19.2 Å². The van der Waals surface area contributed by atoms with Gasteiger partial charge < -0.3 is 0 Å². The first-order valence-corrected chi connectivity index (χ1v) is 4.56. The molecule has 0 rings (SSSR count). The van der Waals surface area contributed by atoms with Gasteiger partial charge in [0.25, 0.3) is 10.1 Å². The van der Waals surface area contributed by atoms with E-state index in [1.165, 1.54) is 6.92 Å². The molecule has 0 aliphatic heterocycles. The van der Waals surface area contributed by atoms with Gasteiger partial charge in [0.05, 0.1) is 6.26 Å². The summed E-state index contributed by atoms with van der Waals surface area (Å²) in [4.78, 5) is 0. The molecule has 0 aliphatic carbocycles. The summed E-state index contributed by atoms with van der Waals surface area (Å²) >= 11 is 10.4. The molecule has 0 amide bonds. The van der Waals surface area contributed by atoms with Gasteiger partial charge in [-0.1, -0.05) is 23.2 Å². The van der Waals surface area contributed by atoms with Crippen LogP contribution < -0.4 is 0 Å². The van der Waals surface area contributed by atoms with Gasteiger partial charge in [-0.2, -0.15) is 8.42 Å². The third kappa shape index (κ3) is 8.49. The lowest BCUT2D eigenvalue weighted by Crippen LogP contribution is -2.17. The van der Waals surface area contributed by atoms with E-state index < -0.39 is 14.6 Å². The minimum Gasteiger partial charge on any atom is -0.231 e. The zero-order chi connectivity index (χ0) is 7.71. The molecule has 0 fully saturated rings. The predicted octanol–water partition coefficient (Wildman–Crippen LogP) is 1.11. The summed E-state index contributed by atoms with van der Waals surface area (Å²) in [6, 6.07) is 0. The molecule has 9 heavy (non-hydrogen) atoms. The van der Waals surface area contributed by atoms with Crippen molar-refractivity contribution in [3.63, 3.8) is 0 Å². The van der Waals surface area contributed by atoms with Crippen molar-refractivity contribution in [2.75, 3.05) is 6.26 Å². The molecule has 0 spiro atoms. The Hall–Kier alpha value is 0.490. The van der Waals surface area contributed by atoms with Gasteiger partial charge in [0.1, 0.15) is 0 Å². The SMILES string of the molecule is CC(Cl)(Cl)OS(C)(=O)=O. The Morgan fingerprint density at radius 2 is 1.78 bits per heavy atom. The topological polar surface area (TPSA) is 43.4 Å². The van der Waals surface area contributed by atoms with Crippen LogP contribution in [0.1, 0.15) is 6.92 Å². The Balaban J connectivity index is 4.07. The van der Waals surface area contributed by atoms with Crippen LogP contribution in [0.2, 0.25) is 0 Å². The predicted molar refractivity (Wildman–Crippen MR) is 36.0 cm³/mol. The van der Waals surface area contributed by atoms with Gasteiger partial charge in [0, 0.05) is 0 Å². The maximum absolute atomic E-state index is 10.3. The third-order valence-electron chi connectivity index (χ3n) is 0.298. The van der Waals surface area contributed by atoms with Gasteiger partial charge in [0.15, 0.2) is 0 Å². The highest BCUT2D eigenvalue weighted by atomic mass is 35.5. The van der Waals surface area contributed by atoms with Gasteiger partial charge in [-0.3, -0.25) is 0 Å². The van der Waals surface area contributed by atoms with Gasteiger partial charge in [-0.25, -0.2) is 4.18 Å². The molecule has 0 heterocycles. The first-order valence-electron chi connectivity index (χ1n) is 1.99. The van der Waals surface area contributed by atoms with Crippen LogP contribution in [-0.2, 0) is 14.3 Å². The largest absolute Gasteiger partial charge is 0.267 e. The quantitative estimate of drug-likeness (QED) is 0.487. The van der Waals surface area contributed by atoms with Crippen LogP contribution in [0.25, 0.3) is 0 Å². The van der Waals surface area contributed by atoms with Crippen molar-refractivity contribution in [2.24, 2.45) is 0 Å². The molecule has 0 unspecified atom stereocenters. The lowest BCUT2D eigenvalue weighted by molar-refractivity contribution is 0.271. The minimum absolute atomic E-state index is 0.871. The van der Waals surface area contributed by atoms with E-state index in [2.05, 4.69) is 4.18 Å². The average molecular weight is 193 g/mol. The molecule has 0 bridgehead atoms. The Morgan fingerprint density at radius 1 is 1.44 bits per heavy atom. The maximum Gasteiger partial charge on any atom is 0.267 e. The second kappa shape index (κ2) is 2.62. The Bertz CT molecular complexity index is 178. The van der Waals surface area contributed by atoms with Crippen molar-refractivity contribution >= 4 is 33.3 Å². The van der Waals surface area contributed by atoms with E-state index in [0.29, 0.717) is 0 Å². The van der Waals surface area contributed by atoms with Crippen molar-refractivity contribution in [1.29, 1.82) is 0 Å². The molecule has 0 atom stereocenters. The molecule has 0 saturated heterocycles. The van der Waals surface area contributed by atoms with Crippen LogP contribution in [0.15, 0.2) is 0 Å². The fourth-order valence-electron chi connectivity index (χ4n) is 0.266. The average Bonchev–Trinajstić information content (AvgIpc) is 1.14. The molecule has 0 N–H and O–H groups in total. The van der Waals surface area contributed by atoms with Crippen LogP contribution >= 0.6 is 23.2 Å². The maximum atomic E-state index is 10.3. The monoisotopic (exact) mass is 192 g/mol. The second-order valence-electron chi connectivity index (χ2n) is 1.60. The minimum atomic E-state index is -3.55. The first-order chi connectivity index (χ1) is 3.71. The highest BCUT2D eigenvalue weighted by Crippen LogP contribution is 2.22. The van der Waals surface area contributed by atoms with Crippen LogP contribution in [0.5, 0.6) is 0 Å². The van der Waals surface area contributed by atoms with E-state index in [9.17, 15) is 8.42 Å². The number of hydrogen-bond donors (Lipinski definition) is 0. The summed E-state index contributed by atoms with van der Waals surface area (Å²) in [5, 5.41) is 0. The number of rotatable bonds is 2. The van der Waals surface area contributed by atoms with Crippen LogP contribution in [0.4, 0.5) is 0 Å². The molecule has 0 aromatic carbocycles. The standard InChI is InChI=1S/C3H6Cl2O3S/c1-3(4,5)8-9(2,6)7/h1-2H3. The Morgan fingerprint density at radius 3 is 1.78 bits per heavy atom. The molecule has 3 nitrogen and oxygen atoms in total. The Kier molecular flexibility index (Phi) is 2.76. The van der Waals surface area contributed by atoms with Crippen LogP contribution in [0.3, 0.4) is 0 Å². The lowest BCUT2D eigenvalue weighted by atomic mass is 10.9. The summed E-state index contributed by atoms with van der Waals surface area (Å²) in [7, 11) is -3.55. The lowest BCUT2D eigenvalue weighted by Gasteiger charge is -2.10. The van der Waals surface area contributed by atoms with Crippen molar-refractivity contribution in [2.45, 2.75) is 11.4 Å². The van der Waals surface area contributed by atoms with Crippen molar-refractivity contribution in [3.05, 3.63) is 0 Å². The van der Waals surface area contributed by atoms with E-state index in [0.717, 1.165) is 6.26 Å². The van der Waals surface area contributed by atoms with Gasteiger partial charge >= 0.3 is 0 Å². The fraction of sp³-hybridized carbons (Fsp3) is 1.00. The van der Waals surface area contributed by atoms with Crippen molar-refractivity contribution < 1.29 is 12.6 Å². The van der Waals surface area contributed by atoms with Crippen molar-refractivity contribution in [3.8, 4) is 0 Å². The third-order valence-corrected chi connectivity index (χ3v) is 1.27. The second-order valence-corrected chi connectivity index (χ2v) is 4.81. The molecular formula is C3H6Cl2O3S. The molecule has 0 aromatic rings. The Labute approximate surface area is 64.0 Å². The van der Waals surface area contributed by atoms with Crippen LogP contribution in [0, 0.1) is 0 Å². The fourth-order valence-corrected chi connectivity index (χ4v) is 1.48. The molecule has 6 heteroatoms. The van der Waals surface area contributed by atoms with Gasteiger partial charge in [0.2, 0.25) is 4.52 Å². The van der Waals surface area contributed by atoms with Gasteiger partial charge in [-0.15, -0.1) is 0 Å². The number of hydrogen-bond acceptors (Lipinski definition) is 3. The summed E-state index contributed by atoms with van der Waals surface area (Å²) in [6.45, 7) is 1.22. The number of halogens is 2. The zero-order valence-electron chi connectivity index (χ0n) is 4.89. The summed E-state index contributed by atoms with van der Waals surface area (Å²) in [5.74, 6) is 0. The summed E-state index contributed by atoms with van der Waals surface area (Å²) in [5.41, 5.74) is 0. The molecule has 0 aromatic heterocycles. The molecule has 0 aliphatic rings. The van der Waals surface area contributed by atoms with E-state index >= 15 is 0 Å². The summed E-state index contributed by atoms with van der Waals surface area (Å²) < 4.78 is 23.0. The normalized spacial score (nSPS) is 13.8. The van der Waals surface area contributed by atoms with E-state index in [1.54, 1.807) is 0 Å². The smallest absolute Gasteiger partial charge is 0.231 e. The molecule has 0 radical (unpaired) electrons. The van der Waals surface area contributed by atoms with E-state index in [-0.39, 0.29) is 0 Å². The summed E-state index contributed by atoms with van der Waals surface area (Å²) in [6.07, 6.45) is 0.871. The molecule has 0 saturated carbocycles. The van der Waals surface area contributed by atoms with E-state index in [4.69, 9.17) is 23.2 Å².